The predicted molar refractivity (Wildman–Crippen MR) is 219 cm³/mol. The lowest BCUT2D eigenvalue weighted by molar-refractivity contribution is -0.154. The first-order valence-electron chi connectivity index (χ1n) is 20.1. The molecule has 0 aliphatic heterocycles. The summed E-state index contributed by atoms with van der Waals surface area (Å²) in [5.41, 5.74) is 5.34. The van der Waals surface area contributed by atoms with E-state index in [1.807, 2.05) is 0 Å². The van der Waals surface area contributed by atoms with E-state index in [1.54, 1.807) is 0 Å². The average molecular weight is 748 g/mol. The minimum absolute atomic E-state index is 0.0918. The molecule has 52 heavy (non-hydrogen) atoms. The molecule has 2 atom stereocenters. The number of hydrogen-bond donors (Lipinski definition) is 2. The zero-order valence-corrected chi connectivity index (χ0v) is 33.7. The summed E-state index contributed by atoms with van der Waals surface area (Å²) >= 11 is 0. The summed E-state index contributed by atoms with van der Waals surface area (Å²) in [4.78, 5) is 22.2. The maximum atomic E-state index is 12.4. The van der Waals surface area contributed by atoms with E-state index in [1.165, 1.54) is 25.7 Å². The van der Waals surface area contributed by atoms with E-state index in [2.05, 4.69) is 98.9 Å². The minimum atomic E-state index is -4.28. The van der Waals surface area contributed by atoms with Gasteiger partial charge in [0.15, 0.2) is 0 Å². The molecule has 0 bridgehead atoms. The molecular formula is C43H74NO7P. The van der Waals surface area contributed by atoms with Crippen LogP contribution in [0.15, 0.2) is 85.1 Å². The first-order valence-corrected chi connectivity index (χ1v) is 21.6. The van der Waals surface area contributed by atoms with E-state index in [4.69, 9.17) is 24.3 Å². The minimum Gasteiger partial charge on any atom is -0.457 e. The smallest absolute Gasteiger partial charge is 0.457 e. The molecule has 8 nitrogen and oxygen atoms in total. The summed E-state index contributed by atoms with van der Waals surface area (Å²) in [5, 5.41) is 0. The maximum Gasteiger partial charge on any atom is 0.472 e. The van der Waals surface area contributed by atoms with Gasteiger partial charge in [-0.2, -0.15) is 0 Å². The van der Waals surface area contributed by atoms with Crippen LogP contribution in [0.4, 0.5) is 0 Å². The Morgan fingerprint density at radius 3 is 1.62 bits per heavy atom. The van der Waals surface area contributed by atoms with Crippen molar-refractivity contribution in [1.82, 2.24) is 0 Å². The molecule has 0 saturated carbocycles. The average Bonchev–Trinajstić information content (AvgIpc) is 3.13. The van der Waals surface area contributed by atoms with Gasteiger partial charge in [0.05, 0.1) is 19.8 Å². The SMILES string of the molecule is CC/C=C\C/C=C\C/C=C\C/C=C\C/C=C\C/C=C\C/C=C\CCCCCCOCC(COP(=O)(O)OCCN)OC(=O)CCCCCCCCC. The Bertz CT molecular complexity index is 1060. The van der Waals surface area contributed by atoms with Gasteiger partial charge in [-0.3, -0.25) is 13.8 Å². The van der Waals surface area contributed by atoms with Crippen molar-refractivity contribution in [3.05, 3.63) is 85.1 Å². The third-order valence-corrected chi connectivity index (χ3v) is 8.81. The van der Waals surface area contributed by atoms with Crippen molar-refractivity contribution in [1.29, 1.82) is 0 Å². The van der Waals surface area contributed by atoms with Crippen LogP contribution in [0.5, 0.6) is 0 Å². The zero-order valence-electron chi connectivity index (χ0n) is 32.8. The number of phosphoric acid groups is 1. The van der Waals surface area contributed by atoms with Gasteiger partial charge in [0.1, 0.15) is 6.10 Å². The highest BCUT2D eigenvalue weighted by Gasteiger charge is 2.25. The number of rotatable bonds is 37. The molecule has 0 aromatic heterocycles. The summed E-state index contributed by atoms with van der Waals surface area (Å²) in [5.74, 6) is -0.352. The second-order valence-electron chi connectivity index (χ2n) is 12.8. The van der Waals surface area contributed by atoms with Gasteiger partial charge in [0.25, 0.3) is 0 Å². The standard InChI is InChI=1S/C43H74NO7P/c1-3-5-7-9-11-12-13-14-15-16-17-18-19-20-21-22-23-24-25-26-27-28-29-31-33-35-38-48-40-42(41-50-52(46,47)49-39-37-44)51-43(45)36-34-32-30-10-8-6-4-2/h5,7,11-12,14-15,17-18,20-21,23-24,26-27,42H,3-4,6,8-10,13,16,19,22,25,28-41,44H2,1-2H3,(H,46,47)/b7-5-,12-11-,15-14-,18-17-,21-20-,24-23-,27-26-. The zero-order chi connectivity index (χ0) is 38.1. The van der Waals surface area contributed by atoms with Crippen LogP contribution in [0.1, 0.15) is 142 Å². The molecule has 0 aromatic carbocycles. The lowest BCUT2D eigenvalue weighted by Crippen LogP contribution is -2.28. The van der Waals surface area contributed by atoms with Gasteiger partial charge in [-0.1, -0.05) is 150 Å². The molecular weight excluding hydrogens is 673 g/mol. The summed E-state index contributed by atoms with van der Waals surface area (Å²) in [6.07, 6.45) is 50.5. The van der Waals surface area contributed by atoms with Gasteiger partial charge in [-0.25, -0.2) is 4.57 Å². The number of allylic oxidation sites excluding steroid dienone is 14. The van der Waals surface area contributed by atoms with Crippen LogP contribution >= 0.6 is 7.82 Å². The number of hydrogen-bond acceptors (Lipinski definition) is 7. The van der Waals surface area contributed by atoms with Gasteiger partial charge in [-0.05, 0) is 70.6 Å². The van der Waals surface area contributed by atoms with Gasteiger partial charge < -0.3 is 20.1 Å². The third kappa shape index (κ3) is 38.9. The Hall–Kier alpha value is -2.32. The van der Waals surface area contributed by atoms with Crippen molar-refractivity contribution >= 4 is 13.8 Å². The highest BCUT2D eigenvalue weighted by molar-refractivity contribution is 7.47. The largest absolute Gasteiger partial charge is 0.472 e. The number of carbonyl (C=O) groups is 1. The van der Waals surface area contributed by atoms with Crippen LogP contribution in [0, 0.1) is 0 Å². The Morgan fingerprint density at radius 2 is 1.08 bits per heavy atom. The molecule has 0 radical (unpaired) electrons. The molecule has 0 amide bonds. The molecule has 9 heteroatoms. The van der Waals surface area contributed by atoms with E-state index < -0.39 is 13.9 Å². The summed E-state index contributed by atoms with van der Waals surface area (Å²) in [7, 11) is -4.28. The van der Waals surface area contributed by atoms with Gasteiger partial charge >= 0.3 is 13.8 Å². The molecule has 0 heterocycles. The molecule has 0 saturated heterocycles. The first-order chi connectivity index (χ1) is 25.4. The third-order valence-electron chi connectivity index (χ3n) is 7.83. The molecule has 0 aromatic rings. The number of esters is 1. The van der Waals surface area contributed by atoms with Crippen LogP contribution in [0.2, 0.25) is 0 Å². The number of unbranched alkanes of at least 4 members (excludes halogenated alkanes) is 10. The van der Waals surface area contributed by atoms with Crippen LogP contribution in [-0.4, -0.2) is 49.9 Å². The summed E-state index contributed by atoms with van der Waals surface area (Å²) in [6.45, 7) is 4.66. The Kier molecular flexibility index (Phi) is 38.1. The normalized spacial score (nSPS) is 14.5. The van der Waals surface area contributed by atoms with E-state index in [-0.39, 0.29) is 32.3 Å². The van der Waals surface area contributed by atoms with E-state index in [9.17, 15) is 14.3 Å². The molecule has 3 N–H and O–H groups in total. The molecule has 0 fully saturated rings. The fourth-order valence-electron chi connectivity index (χ4n) is 4.92. The number of ether oxygens (including phenoxy) is 2. The van der Waals surface area contributed by atoms with Crippen molar-refractivity contribution in [3.8, 4) is 0 Å². The lowest BCUT2D eigenvalue weighted by Gasteiger charge is -2.20. The molecule has 0 spiro atoms. The highest BCUT2D eigenvalue weighted by Crippen LogP contribution is 2.43. The van der Waals surface area contributed by atoms with Gasteiger partial charge in [0.2, 0.25) is 0 Å². The van der Waals surface area contributed by atoms with E-state index >= 15 is 0 Å². The van der Waals surface area contributed by atoms with Crippen LogP contribution < -0.4 is 5.73 Å². The molecule has 0 aliphatic rings. The van der Waals surface area contributed by atoms with Crippen molar-refractivity contribution in [2.45, 2.75) is 148 Å². The maximum absolute atomic E-state index is 12.4. The van der Waals surface area contributed by atoms with Crippen LogP contribution in [0.3, 0.4) is 0 Å². The van der Waals surface area contributed by atoms with Crippen LogP contribution in [-0.2, 0) is 27.9 Å². The first kappa shape index (κ1) is 49.7. The quantitative estimate of drug-likeness (QED) is 0.0279. The van der Waals surface area contributed by atoms with E-state index in [0.717, 1.165) is 96.3 Å². The Morgan fingerprint density at radius 1 is 0.596 bits per heavy atom. The second kappa shape index (κ2) is 39.9. The Balaban J connectivity index is 4.02. The highest BCUT2D eigenvalue weighted by atomic mass is 31.2. The molecule has 0 aliphatic carbocycles. The fraction of sp³-hybridized carbons (Fsp3) is 0.651. The number of carbonyl (C=O) groups excluding carboxylic acids is 1. The summed E-state index contributed by atoms with van der Waals surface area (Å²) in [6, 6.07) is 0. The summed E-state index contributed by atoms with van der Waals surface area (Å²) < 4.78 is 33.2. The number of phosphoric ester groups is 1. The fourth-order valence-corrected chi connectivity index (χ4v) is 5.68. The Labute approximate surface area is 318 Å². The van der Waals surface area contributed by atoms with E-state index in [0.29, 0.717) is 13.0 Å². The molecule has 0 rings (SSSR count). The molecule has 2 unspecified atom stereocenters. The van der Waals surface area contributed by atoms with Crippen molar-refractivity contribution in [2.24, 2.45) is 5.73 Å². The lowest BCUT2D eigenvalue weighted by atomic mass is 10.1. The predicted octanol–water partition coefficient (Wildman–Crippen LogP) is 11.7. The second-order valence-corrected chi connectivity index (χ2v) is 14.2. The molecule has 298 valence electrons. The van der Waals surface area contributed by atoms with Crippen molar-refractivity contribution in [2.75, 3.05) is 33.0 Å². The number of nitrogens with two attached hydrogens (primary N) is 1. The van der Waals surface area contributed by atoms with Gasteiger partial charge in [-0.15, -0.1) is 0 Å². The van der Waals surface area contributed by atoms with Crippen molar-refractivity contribution < 1.29 is 32.8 Å². The monoisotopic (exact) mass is 748 g/mol. The van der Waals surface area contributed by atoms with Crippen molar-refractivity contribution in [3.63, 3.8) is 0 Å². The van der Waals surface area contributed by atoms with Crippen LogP contribution in [0.25, 0.3) is 0 Å². The topological polar surface area (TPSA) is 117 Å². The van der Waals surface area contributed by atoms with Gasteiger partial charge in [0, 0.05) is 19.6 Å².